The molecular formula is C20H20N2O10. The molecule has 12 heteroatoms. The molecule has 0 bridgehead atoms. The molecule has 32 heavy (non-hydrogen) atoms. The van der Waals surface area contributed by atoms with Crippen LogP contribution in [0.2, 0.25) is 0 Å². The van der Waals surface area contributed by atoms with E-state index >= 15 is 0 Å². The predicted octanol–water partition coefficient (Wildman–Crippen LogP) is 1.75. The smallest absolute Gasteiger partial charge is 0.269 e. The molecule has 0 aliphatic carbocycles. The van der Waals surface area contributed by atoms with Crippen molar-refractivity contribution in [2.75, 3.05) is 13.2 Å². The van der Waals surface area contributed by atoms with Crippen LogP contribution in [0.3, 0.4) is 0 Å². The van der Waals surface area contributed by atoms with Gasteiger partial charge in [0.05, 0.1) is 23.1 Å². The quantitative estimate of drug-likeness (QED) is 0.471. The van der Waals surface area contributed by atoms with Crippen LogP contribution in [0.15, 0.2) is 48.5 Å². The first-order valence-electron chi connectivity index (χ1n) is 9.73. The summed E-state index contributed by atoms with van der Waals surface area (Å²) in [5.74, 6) is 0. The van der Waals surface area contributed by atoms with E-state index in [9.17, 15) is 30.4 Å². The Labute approximate surface area is 181 Å². The zero-order valence-corrected chi connectivity index (χ0v) is 16.6. The SMILES string of the molecule is O=[N+]([O-])c1cccc(C2OC[C@@H]([C@@H](O)[C@@H]3OC(c4cccc([N+](=O)[O-])c4)O[C@@H]3CO)O2)c1. The third kappa shape index (κ3) is 4.46. The molecule has 2 saturated heterocycles. The molecule has 4 rings (SSSR count). The van der Waals surface area contributed by atoms with Crippen LogP contribution >= 0.6 is 0 Å². The van der Waals surface area contributed by atoms with E-state index < -0.39 is 53.4 Å². The van der Waals surface area contributed by atoms with E-state index in [-0.39, 0.29) is 18.0 Å². The molecule has 2 N–H and O–H groups in total. The molecule has 2 aromatic rings. The van der Waals surface area contributed by atoms with Gasteiger partial charge in [-0.15, -0.1) is 0 Å². The van der Waals surface area contributed by atoms with Gasteiger partial charge in [-0.1, -0.05) is 24.3 Å². The maximum atomic E-state index is 11.0. The van der Waals surface area contributed by atoms with Crippen molar-refractivity contribution in [3.8, 4) is 0 Å². The van der Waals surface area contributed by atoms with Crippen molar-refractivity contribution in [2.45, 2.75) is 37.0 Å². The van der Waals surface area contributed by atoms with Crippen LogP contribution in [0.5, 0.6) is 0 Å². The van der Waals surface area contributed by atoms with Gasteiger partial charge in [0.1, 0.15) is 24.4 Å². The monoisotopic (exact) mass is 448 g/mol. The van der Waals surface area contributed by atoms with E-state index in [4.69, 9.17) is 18.9 Å². The summed E-state index contributed by atoms with van der Waals surface area (Å²) in [5.41, 5.74) is 0.522. The number of rotatable bonds is 7. The van der Waals surface area contributed by atoms with Crippen LogP contribution in [-0.4, -0.2) is 57.7 Å². The van der Waals surface area contributed by atoms with Crippen LogP contribution < -0.4 is 0 Å². The molecule has 0 amide bonds. The Morgan fingerprint density at radius 3 is 2.09 bits per heavy atom. The lowest BCUT2D eigenvalue weighted by Crippen LogP contribution is -2.45. The van der Waals surface area contributed by atoms with Gasteiger partial charge in [-0.3, -0.25) is 20.2 Å². The summed E-state index contributed by atoms with van der Waals surface area (Å²) in [7, 11) is 0. The standard InChI is InChI=1S/C20H20N2O10/c23-9-15-18(32-20(30-15)12-4-2-6-14(8-12)22(27)28)17(24)16-10-29-19(31-16)11-3-1-5-13(7-11)21(25)26/h1-8,15-20,23-24H,9-10H2/t15-,16+,17-,18-,19?,20?/m1/s1. The topological polar surface area (TPSA) is 164 Å². The Bertz CT molecular complexity index is 1000. The van der Waals surface area contributed by atoms with E-state index in [0.717, 1.165) is 0 Å². The zero-order chi connectivity index (χ0) is 22.8. The van der Waals surface area contributed by atoms with Crippen molar-refractivity contribution < 1.29 is 39.0 Å². The Morgan fingerprint density at radius 2 is 1.53 bits per heavy atom. The third-order valence-corrected chi connectivity index (χ3v) is 5.26. The molecular weight excluding hydrogens is 428 g/mol. The molecule has 0 aromatic heterocycles. The van der Waals surface area contributed by atoms with Crippen molar-refractivity contribution in [2.24, 2.45) is 0 Å². The molecule has 0 radical (unpaired) electrons. The number of nitro groups is 2. The molecule has 2 heterocycles. The van der Waals surface area contributed by atoms with Crippen molar-refractivity contribution in [3.05, 3.63) is 79.9 Å². The van der Waals surface area contributed by atoms with Crippen molar-refractivity contribution in [1.82, 2.24) is 0 Å². The Hall–Kier alpha value is -3.00. The number of hydrogen-bond donors (Lipinski definition) is 2. The molecule has 2 aliphatic heterocycles. The number of ether oxygens (including phenoxy) is 4. The van der Waals surface area contributed by atoms with Gasteiger partial charge in [-0.2, -0.15) is 0 Å². The van der Waals surface area contributed by atoms with Gasteiger partial charge in [0.15, 0.2) is 12.6 Å². The van der Waals surface area contributed by atoms with Crippen LogP contribution in [-0.2, 0) is 18.9 Å². The van der Waals surface area contributed by atoms with Crippen LogP contribution in [0, 0.1) is 20.2 Å². The fourth-order valence-electron chi connectivity index (χ4n) is 3.66. The average molecular weight is 448 g/mol. The lowest BCUT2D eigenvalue weighted by molar-refractivity contribution is -0.385. The summed E-state index contributed by atoms with van der Waals surface area (Å²) in [6, 6.07) is 11.5. The number of aliphatic hydroxyl groups excluding tert-OH is 2. The average Bonchev–Trinajstić information content (AvgIpc) is 3.46. The number of aliphatic hydroxyl groups is 2. The highest BCUT2D eigenvalue weighted by atomic mass is 16.8. The zero-order valence-electron chi connectivity index (χ0n) is 16.6. The second-order valence-electron chi connectivity index (χ2n) is 7.32. The van der Waals surface area contributed by atoms with Crippen molar-refractivity contribution in [3.63, 3.8) is 0 Å². The first-order valence-corrected chi connectivity index (χ1v) is 9.73. The lowest BCUT2D eigenvalue weighted by atomic mass is 10.0. The molecule has 2 aliphatic rings. The molecule has 12 nitrogen and oxygen atoms in total. The van der Waals surface area contributed by atoms with E-state index in [1.54, 1.807) is 12.1 Å². The fourth-order valence-corrected chi connectivity index (χ4v) is 3.66. The first kappa shape index (κ1) is 22.2. The molecule has 2 unspecified atom stereocenters. The summed E-state index contributed by atoms with van der Waals surface area (Å²) in [6.07, 6.45) is -5.97. The van der Waals surface area contributed by atoms with E-state index in [1.807, 2.05) is 0 Å². The van der Waals surface area contributed by atoms with Gasteiger partial charge in [0.25, 0.3) is 11.4 Å². The number of benzene rings is 2. The largest absolute Gasteiger partial charge is 0.394 e. The van der Waals surface area contributed by atoms with Gasteiger partial charge in [0, 0.05) is 35.4 Å². The van der Waals surface area contributed by atoms with E-state index in [1.165, 1.54) is 36.4 Å². The second kappa shape index (κ2) is 9.24. The predicted molar refractivity (Wildman–Crippen MR) is 105 cm³/mol. The highest BCUT2D eigenvalue weighted by Gasteiger charge is 2.46. The third-order valence-electron chi connectivity index (χ3n) is 5.26. The maximum absolute atomic E-state index is 11.0. The molecule has 170 valence electrons. The highest BCUT2D eigenvalue weighted by Crippen LogP contribution is 2.37. The van der Waals surface area contributed by atoms with Gasteiger partial charge in [-0.05, 0) is 0 Å². The first-order chi connectivity index (χ1) is 15.4. The molecule has 0 spiro atoms. The molecule has 0 saturated carbocycles. The Kier molecular flexibility index (Phi) is 6.41. The summed E-state index contributed by atoms with van der Waals surface area (Å²) in [6.45, 7) is -0.483. The Morgan fingerprint density at radius 1 is 0.938 bits per heavy atom. The van der Waals surface area contributed by atoms with Gasteiger partial charge in [-0.25, -0.2) is 0 Å². The maximum Gasteiger partial charge on any atom is 0.269 e. The van der Waals surface area contributed by atoms with Crippen LogP contribution in [0.25, 0.3) is 0 Å². The molecule has 2 fully saturated rings. The normalized spacial score (nSPS) is 28.5. The minimum absolute atomic E-state index is 0.0198. The Balaban J connectivity index is 1.45. The highest BCUT2D eigenvalue weighted by molar-refractivity contribution is 5.36. The van der Waals surface area contributed by atoms with Gasteiger partial charge >= 0.3 is 0 Å². The molecule has 6 atom stereocenters. The van der Waals surface area contributed by atoms with Crippen LogP contribution in [0.4, 0.5) is 11.4 Å². The minimum atomic E-state index is -1.26. The number of hydrogen-bond acceptors (Lipinski definition) is 10. The number of non-ortho nitro benzene ring substituents is 2. The molecule has 2 aromatic carbocycles. The van der Waals surface area contributed by atoms with Gasteiger partial charge < -0.3 is 29.2 Å². The summed E-state index contributed by atoms with van der Waals surface area (Å²) < 4.78 is 22.7. The summed E-state index contributed by atoms with van der Waals surface area (Å²) in [4.78, 5) is 20.9. The summed E-state index contributed by atoms with van der Waals surface area (Å²) >= 11 is 0. The van der Waals surface area contributed by atoms with E-state index in [2.05, 4.69) is 0 Å². The lowest BCUT2D eigenvalue weighted by Gasteiger charge is -2.24. The minimum Gasteiger partial charge on any atom is -0.394 e. The number of nitro benzene ring substituents is 2. The van der Waals surface area contributed by atoms with E-state index in [0.29, 0.717) is 11.1 Å². The van der Waals surface area contributed by atoms with Crippen LogP contribution in [0.1, 0.15) is 23.7 Å². The number of nitrogens with zero attached hydrogens (tertiary/aromatic N) is 2. The van der Waals surface area contributed by atoms with Crippen molar-refractivity contribution >= 4 is 11.4 Å². The summed E-state index contributed by atoms with van der Waals surface area (Å²) in [5, 5.41) is 42.5. The fraction of sp³-hybridized carbons (Fsp3) is 0.400. The van der Waals surface area contributed by atoms with Crippen molar-refractivity contribution in [1.29, 1.82) is 0 Å². The van der Waals surface area contributed by atoms with Gasteiger partial charge in [0.2, 0.25) is 0 Å². The second-order valence-corrected chi connectivity index (χ2v) is 7.32.